The monoisotopic (exact) mass is 442 g/mol. The van der Waals surface area contributed by atoms with E-state index in [2.05, 4.69) is 21.2 Å². The Labute approximate surface area is 170 Å². The SMILES string of the molecule is O=C(Nc1ccc(Br)c(Cl)c1)[C@H]1CC(=O)N(c2cccc3ccccc23)C1. The lowest BCUT2D eigenvalue weighted by Gasteiger charge is -2.19. The van der Waals surface area contributed by atoms with Gasteiger partial charge in [0, 0.05) is 28.5 Å². The number of amides is 2. The second-order valence-electron chi connectivity index (χ2n) is 6.52. The second kappa shape index (κ2) is 7.33. The Bertz CT molecular complexity index is 1050. The zero-order valence-corrected chi connectivity index (χ0v) is 16.6. The minimum Gasteiger partial charge on any atom is -0.326 e. The van der Waals surface area contributed by atoms with E-state index in [4.69, 9.17) is 11.6 Å². The van der Waals surface area contributed by atoms with Gasteiger partial charge < -0.3 is 10.2 Å². The topological polar surface area (TPSA) is 49.4 Å². The molecule has 0 aliphatic carbocycles. The van der Waals surface area contributed by atoms with Gasteiger partial charge in [0.2, 0.25) is 11.8 Å². The van der Waals surface area contributed by atoms with E-state index in [1.54, 1.807) is 23.1 Å². The highest BCUT2D eigenvalue weighted by atomic mass is 79.9. The number of benzene rings is 3. The van der Waals surface area contributed by atoms with Crippen molar-refractivity contribution in [2.75, 3.05) is 16.8 Å². The number of rotatable bonds is 3. The summed E-state index contributed by atoms with van der Waals surface area (Å²) in [7, 11) is 0. The van der Waals surface area contributed by atoms with Crippen LogP contribution >= 0.6 is 27.5 Å². The lowest BCUT2D eigenvalue weighted by Crippen LogP contribution is -2.28. The van der Waals surface area contributed by atoms with E-state index in [0.717, 1.165) is 20.9 Å². The molecule has 1 saturated heterocycles. The van der Waals surface area contributed by atoms with Gasteiger partial charge in [-0.2, -0.15) is 0 Å². The first kappa shape index (κ1) is 18.0. The van der Waals surface area contributed by atoms with Crippen LogP contribution in [-0.2, 0) is 9.59 Å². The standard InChI is InChI=1S/C21H16BrClN2O2/c22-17-9-8-15(11-18(17)23)24-21(27)14-10-20(26)25(12-14)19-7-3-5-13-4-1-2-6-16(13)19/h1-9,11,14H,10,12H2,(H,24,27)/t14-/m0/s1. The van der Waals surface area contributed by atoms with E-state index in [1.165, 1.54) is 0 Å². The summed E-state index contributed by atoms with van der Waals surface area (Å²) in [4.78, 5) is 27.0. The molecule has 0 spiro atoms. The molecular weight excluding hydrogens is 428 g/mol. The lowest BCUT2D eigenvalue weighted by molar-refractivity contribution is -0.122. The summed E-state index contributed by atoms with van der Waals surface area (Å²) in [5.41, 5.74) is 1.46. The van der Waals surface area contributed by atoms with Crippen LogP contribution in [0.1, 0.15) is 6.42 Å². The Morgan fingerprint density at radius 2 is 1.89 bits per heavy atom. The van der Waals surface area contributed by atoms with Crippen LogP contribution in [0, 0.1) is 5.92 Å². The predicted molar refractivity (Wildman–Crippen MR) is 112 cm³/mol. The molecular formula is C21H16BrClN2O2. The van der Waals surface area contributed by atoms with E-state index in [0.29, 0.717) is 17.3 Å². The van der Waals surface area contributed by atoms with Crippen LogP contribution in [0.3, 0.4) is 0 Å². The summed E-state index contributed by atoms with van der Waals surface area (Å²) in [6.45, 7) is 0.364. The molecule has 1 atom stereocenters. The fourth-order valence-electron chi connectivity index (χ4n) is 3.38. The maximum absolute atomic E-state index is 12.7. The smallest absolute Gasteiger partial charge is 0.229 e. The van der Waals surface area contributed by atoms with E-state index in [-0.39, 0.29) is 18.2 Å². The van der Waals surface area contributed by atoms with Crippen LogP contribution in [0.5, 0.6) is 0 Å². The van der Waals surface area contributed by atoms with Crippen LogP contribution < -0.4 is 10.2 Å². The molecule has 1 fully saturated rings. The molecule has 1 heterocycles. The average molecular weight is 444 g/mol. The number of hydrogen-bond acceptors (Lipinski definition) is 2. The molecule has 0 bridgehead atoms. The molecule has 2 amide bonds. The largest absolute Gasteiger partial charge is 0.326 e. The summed E-state index contributed by atoms with van der Waals surface area (Å²) < 4.78 is 0.764. The number of nitrogens with zero attached hydrogens (tertiary/aromatic N) is 1. The predicted octanol–water partition coefficient (Wildman–Crippen LogP) is 5.25. The van der Waals surface area contributed by atoms with Crippen molar-refractivity contribution in [1.29, 1.82) is 0 Å². The van der Waals surface area contributed by atoms with Crippen molar-refractivity contribution in [2.45, 2.75) is 6.42 Å². The summed E-state index contributed by atoms with van der Waals surface area (Å²) in [5.74, 6) is -0.622. The molecule has 1 aliphatic rings. The fraction of sp³-hybridized carbons (Fsp3) is 0.143. The fourth-order valence-corrected chi connectivity index (χ4v) is 3.81. The maximum atomic E-state index is 12.7. The van der Waals surface area contributed by atoms with E-state index < -0.39 is 5.92 Å². The zero-order valence-electron chi connectivity index (χ0n) is 14.3. The Hall–Kier alpha value is -2.37. The molecule has 1 N–H and O–H groups in total. The summed E-state index contributed by atoms with van der Waals surface area (Å²) in [6.07, 6.45) is 0.194. The van der Waals surface area contributed by atoms with Gasteiger partial charge in [-0.15, -0.1) is 0 Å². The van der Waals surface area contributed by atoms with Crippen molar-refractivity contribution in [3.05, 3.63) is 70.2 Å². The number of hydrogen-bond donors (Lipinski definition) is 1. The third-order valence-electron chi connectivity index (χ3n) is 4.74. The average Bonchev–Trinajstić information content (AvgIpc) is 3.06. The van der Waals surface area contributed by atoms with Crippen molar-refractivity contribution in [2.24, 2.45) is 5.92 Å². The third kappa shape index (κ3) is 3.57. The van der Waals surface area contributed by atoms with Crippen molar-refractivity contribution in [1.82, 2.24) is 0 Å². The highest BCUT2D eigenvalue weighted by molar-refractivity contribution is 9.10. The zero-order chi connectivity index (χ0) is 19.0. The van der Waals surface area contributed by atoms with Crippen LogP contribution in [0.4, 0.5) is 11.4 Å². The van der Waals surface area contributed by atoms with Gasteiger partial charge in [-0.1, -0.05) is 48.0 Å². The first-order chi connectivity index (χ1) is 13.0. The molecule has 4 rings (SSSR count). The van der Waals surface area contributed by atoms with Gasteiger partial charge in [0.05, 0.1) is 16.6 Å². The van der Waals surface area contributed by atoms with Crippen molar-refractivity contribution in [3.63, 3.8) is 0 Å². The maximum Gasteiger partial charge on any atom is 0.229 e. The van der Waals surface area contributed by atoms with Crippen LogP contribution in [-0.4, -0.2) is 18.4 Å². The van der Waals surface area contributed by atoms with E-state index in [1.807, 2.05) is 42.5 Å². The number of nitrogens with one attached hydrogen (secondary N) is 1. The van der Waals surface area contributed by atoms with Gasteiger partial charge in [0.1, 0.15) is 0 Å². The molecule has 0 radical (unpaired) electrons. The molecule has 0 aromatic heterocycles. The Kier molecular flexibility index (Phi) is 4.89. The van der Waals surface area contributed by atoms with Gasteiger partial charge >= 0.3 is 0 Å². The highest BCUT2D eigenvalue weighted by Gasteiger charge is 2.35. The molecule has 6 heteroatoms. The van der Waals surface area contributed by atoms with Gasteiger partial charge in [0.25, 0.3) is 0 Å². The number of anilines is 2. The number of carbonyl (C=O) groups excluding carboxylic acids is 2. The minimum atomic E-state index is -0.404. The van der Waals surface area contributed by atoms with Crippen molar-refractivity contribution in [3.8, 4) is 0 Å². The van der Waals surface area contributed by atoms with Gasteiger partial charge in [-0.25, -0.2) is 0 Å². The first-order valence-electron chi connectivity index (χ1n) is 8.57. The number of carbonyl (C=O) groups is 2. The molecule has 0 saturated carbocycles. The lowest BCUT2D eigenvalue weighted by atomic mass is 10.1. The number of fused-ring (bicyclic) bond motifs is 1. The third-order valence-corrected chi connectivity index (χ3v) is 5.97. The van der Waals surface area contributed by atoms with Crippen molar-refractivity contribution >= 4 is 61.5 Å². The van der Waals surface area contributed by atoms with Crippen LogP contribution in [0.25, 0.3) is 10.8 Å². The van der Waals surface area contributed by atoms with Gasteiger partial charge in [-0.05, 0) is 45.6 Å². The molecule has 1 aliphatic heterocycles. The van der Waals surface area contributed by atoms with Gasteiger partial charge in [0.15, 0.2) is 0 Å². The Morgan fingerprint density at radius 3 is 2.70 bits per heavy atom. The molecule has 0 unspecified atom stereocenters. The molecule has 4 nitrogen and oxygen atoms in total. The first-order valence-corrected chi connectivity index (χ1v) is 9.74. The molecule has 27 heavy (non-hydrogen) atoms. The second-order valence-corrected chi connectivity index (χ2v) is 7.78. The minimum absolute atomic E-state index is 0.0414. The Morgan fingerprint density at radius 1 is 1.11 bits per heavy atom. The number of halogens is 2. The molecule has 136 valence electrons. The van der Waals surface area contributed by atoms with Crippen LogP contribution in [0.2, 0.25) is 5.02 Å². The summed E-state index contributed by atoms with van der Waals surface area (Å²) >= 11 is 9.41. The van der Waals surface area contributed by atoms with Crippen molar-refractivity contribution < 1.29 is 9.59 Å². The van der Waals surface area contributed by atoms with E-state index >= 15 is 0 Å². The van der Waals surface area contributed by atoms with Gasteiger partial charge in [-0.3, -0.25) is 9.59 Å². The normalized spacial score (nSPS) is 16.7. The summed E-state index contributed by atoms with van der Waals surface area (Å²) in [5, 5.41) is 5.46. The quantitative estimate of drug-likeness (QED) is 0.601. The summed E-state index contributed by atoms with van der Waals surface area (Å²) in [6, 6.07) is 19.0. The highest BCUT2D eigenvalue weighted by Crippen LogP contribution is 2.32. The van der Waals surface area contributed by atoms with E-state index in [9.17, 15) is 9.59 Å². The Balaban J connectivity index is 1.55. The van der Waals surface area contributed by atoms with Crippen LogP contribution in [0.15, 0.2) is 65.1 Å². The molecule has 3 aromatic carbocycles. The molecule has 3 aromatic rings.